The quantitative estimate of drug-likeness (QED) is 0.326. The molecule has 1 saturated heterocycles. The highest BCUT2D eigenvalue weighted by molar-refractivity contribution is 9.10. The second-order valence-electron chi connectivity index (χ2n) is 5.64. The summed E-state index contributed by atoms with van der Waals surface area (Å²) >= 11 is 3.30. The van der Waals surface area contributed by atoms with Crippen LogP contribution in [0.2, 0.25) is 0 Å². The molecule has 0 bridgehead atoms. The molecule has 0 saturated carbocycles. The maximum Gasteiger partial charge on any atom is 0.282 e. The average Bonchev–Trinajstić information content (AvgIpc) is 2.96. The highest BCUT2D eigenvalue weighted by atomic mass is 79.9. The maximum absolute atomic E-state index is 12.7. The van der Waals surface area contributed by atoms with E-state index in [4.69, 9.17) is 9.47 Å². The van der Waals surface area contributed by atoms with Crippen LogP contribution in [0, 0.1) is 10.1 Å². The van der Waals surface area contributed by atoms with Gasteiger partial charge in [0.05, 0.1) is 36.5 Å². The minimum Gasteiger partial charge on any atom is -0.493 e. The number of amides is 2. The van der Waals surface area contributed by atoms with Gasteiger partial charge in [-0.15, -0.1) is 0 Å². The Morgan fingerprint density at radius 1 is 1.11 bits per heavy atom. The number of nitro groups is 1. The Bertz CT molecular complexity index is 1000. The molecule has 1 aliphatic heterocycles. The lowest BCUT2D eigenvalue weighted by atomic mass is 10.1. The summed E-state index contributed by atoms with van der Waals surface area (Å²) < 4.78 is 11.0. The molecule has 144 valence electrons. The highest BCUT2D eigenvalue weighted by Gasteiger charge is 2.35. The van der Waals surface area contributed by atoms with E-state index in [1.165, 1.54) is 26.4 Å². The van der Waals surface area contributed by atoms with Gasteiger partial charge in [-0.2, -0.15) is 0 Å². The minimum atomic E-state index is -0.669. The SMILES string of the molecule is COc1cc(/C=C2\C(=O)NN(c3ccc(Br)cc3)C2=O)c([N+](=O)[O-])cc1OC. The molecule has 2 aromatic carbocycles. The minimum absolute atomic E-state index is 0.0406. The molecule has 2 aromatic rings. The molecule has 0 atom stereocenters. The van der Waals surface area contributed by atoms with Crippen molar-refractivity contribution in [2.45, 2.75) is 0 Å². The number of nitrogens with one attached hydrogen (secondary N) is 1. The van der Waals surface area contributed by atoms with Gasteiger partial charge in [-0.3, -0.25) is 25.1 Å². The first-order valence-electron chi connectivity index (χ1n) is 7.88. The molecule has 1 aliphatic rings. The number of methoxy groups -OCH3 is 2. The first-order chi connectivity index (χ1) is 13.3. The van der Waals surface area contributed by atoms with E-state index in [2.05, 4.69) is 21.4 Å². The molecule has 0 spiro atoms. The van der Waals surface area contributed by atoms with Crippen LogP contribution in [0.15, 0.2) is 46.4 Å². The molecule has 1 fully saturated rings. The third-order valence-corrected chi connectivity index (χ3v) is 4.53. The van der Waals surface area contributed by atoms with E-state index < -0.39 is 16.7 Å². The largest absolute Gasteiger partial charge is 0.493 e. The number of hydrazine groups is 1. The second kappa shape index (κ2) is 7.69. The molecule has 3 rings (SSSR count). The van der Waals surface area contributed by atoms with E-state index in [1.54, 1.807) is 24.3 Å². The van der Waals surface area contributed by atoms with Crippen molar-refractivity contribution in [3.8, 4) is 11.5 Å². The number of hydrogen-bond donors (Lipinski definition) is 1. The second-order valence-corrected chi connectivity index (χ2v) is 6.55. The first kappa shape index (κ1) is 19.4. The molecule has 0 aromatic heterocycles. The van der Waals surface area contributed by atoms with Crippen LogP contribution >= 0.6 is 15.9 Å². The van der Waals surface area contributed by atoms with Crippen LogP contribution in [0.4, 0.5) is 11.4 Å². The van der Waals surface area contributed by atoms with Crippen molar-refractivity contribution < 1.29 is 24.0 Å². The Kier molecular flexibility index (Phi) is 5.32. The van der Waals surface area contributed by atoms with Crippen LogP contribution in [-0.2, 0) is 9.59 Å². The summed E-state index contributed by atoms with van der Waals surface area (Å²) in [5.74, 6) is -0.904. The van der Waals surface area contributed by atoms with Gasteiger partial charge in [-0.1, -0.05) is 15.9 Å². The Morgan fingerprint density at radius 3 is 2.29 bits per heavy atom. The fraction of sp³-hybridized carbons (Fsp3) is 0.111. The van der Waals surface area contributed by atoms with Crippen LogP contribution in [-0.4, -0.2) is 31.0 Å². The van der Waals surface area contributed by atoms with Gasteiger partial charge < -0.3 is 9.47 Å². The molecule has 0 unspecified atom stereocenters. The summed E-state index contributed by atoms with van der Waals surface area (Å²) in [6.07, 6.45) is 1.16. The van der Waals surface area contributed by atoms with Crippen molar-refractivity contribution >= 4 is 45.2 Å². The van der Waals surface area contributed by atoms with Crippen molar-refractivity contribution in [2.75, 3.05) is 19.2 Å². The molecule has 2 amide bonds. The number of ether oxygens (including phenoxy) is 2. The van der Waals surface area contributed by atoms with Crippen LogP contribution in [0.1, 0.15) is 5.56 Å². The summed E-state index contributed by atoms with van der Waals surface area (Å²) in [4.78, 5) is 35.8. The molecule has 28 heavy (non-hydrogen) atoms. The zero-order valence-corrected chi connectivity index (χ0v) is 16.3. The van der Waals surface area contributed by atoms with Gasteiger partial charge in [0.15, 0.2) is 11.5 Å². The van der Waals surface area contributed by atoms with Crippen LogP contribution in [0.3, 0.4) is 0 Å². The number of nitrogens with zero attached hydrogens (tertiary/aromatic N) is 2. The zero-order chi connectivity index (χ0) is 20.4. The fourth-order valence-corrected chi connectivity index (χ4v) is 2.91. The van der Waals surface area contributed by atoms with Gasteiger partial charge in [0.2, 0.25) is 0 Å². The van der Waals surface area contributed by atoms with Gasteiger partial charge in [-0.05, 0) is 36.4 Å². The summed E-state index contributed by atoms with van der Waals surface area (Å²) in [6.45, 7) is 0. The molecular weight excluding hydrogens is 434 g/mol. The van der Waals surface area contributed by atoms with E-state index in [9.17, 15) is 19.7 Å². The Hall–Kier alpha value is -3.40. The number of nitro benzene ring substituents is 1. The third-order valence-electron chi connectivity index (χ3n) is 4.01. The Labute approximate surface area is 167 Å². The van der Waals surface area contributed by atoms with Crippen molar-refractivity contribution in [2.24, 2.45) is 0 Å². The maximum atomic E-state index is 12.7. The molecule has 0 aliphatic carbocycles. The van der Waals surface area contributed by atoms with Crippen molar-refractivity contribution in [1.29, 1.82) is 0 Å². The first-order valence-corrected chi connectivity index (χ1v) is 8.68. The van der Waals surface area contributed by atoms with E-state index >= 15 is 0 Å². The third kappa shape index (κ3) is 3.54. The number of rotatable bonds is 5. The van der Waals surface area contributed by atoms with Gasteiger partial charge >= 0.3 is 0 Å². The fourth-order valence-electron chi connectivity index (χ4n) is 2.64. The zero-order valence-electron chi connectivity index (χ0n) is 14.8. The van der Waals surface area contributed by atoms with Crippen LogP contribution in [0.5, 0.6) is 11.5 Å². The van der Waals surface area contributed by atoms with Gasteiger partial charge in [0.25, 0.3) is 17.5 Å². The Balaban J connectivity index is 2.05. The molecular formula is C18H14BrN3O6. The van der Waals surface area contributed by atoms with Gasteiger partial charge in [0.1, 0.15) is 5.57 Å². The molecule has 1 N–H and O–H groups in total. The normalized spacial score (nSPS) is 15.0. The number of benzene rings is 2. The number of anilines is 1. The van der Waals surface area contributed by atoms with Crippen LogP contribution < -0.4 is 19.9 Å². The van der Waals surface area contributed by atoms with E-state index in [0.717, 1.165) is 15.6 Å². The lowest BCUT2D eigenvalue weighted by Crippen LogP contribution is -2.35. The highest BCUT2D eigenvalue weighted by Crippen LogP contribution is 2.36. The lowest BCUT2D eigenvalue weighted by molar-refractivity contribution is -0.385. The summed E-state index contributed by atoms with van der Waals surface area (Å²) in [5, 5.41) is 12.5. The van der Waals surface area contributed by atoms with E-state index in [-0.39, 0.29) is 28.3 Å². The van der Waals surface area contributed by atoms with Crippen molar-refractivity contribution in [1.82, 2.24) is 5.43 Å². The summed E-state index contributed by atoms with van der Waals surface area (Å²) in [6, 6.07) is 9.24. The standard InChI is InChI=1S/C18H14BrN3O6/c1-27-15-8-10(14(22(25)26)9-16(15)28-2)7-13-17(23)20-21(18(13)24)12-5-3-11(19)4-6-12/h3-9H,1-2H3,(H,20,23)/b13-7+. The number of hydrogen-bond acceptors (Lipinski definition) is 6. The summed E-state index contributed by atoms with van der Waals surface area (Å²) in [7, 11) is 2.73. The van der Waals surface area contributed by atoms with E-state index in [1.807, 2.05) is 0 Å². The molecule has 0 radical (unpaired) electrons. The van der Waals surface area contributed by atoms with E-state index in [0.29, 0.717) is 5.69 Å². The molecule has 1 heterocycles. The number of halogens is 1. The smallest absolute Gasteiger partial charge is 0.282 e. The monoisotopic (exact) mass is 447 g/mol. The van der Waals surface area contributed by atoms with Crippen molar-refractivity contribution in [3.05, 3.63) is 62.1 Å². The molecule has 10 heteroatoms. The lowest BCUT2D eigenvalue weighted by Gasteiger charge is -2.14. The molecule has 9 nitrogen and oxygen atoms in total. The predicted molar refractivity (Wildman–Crippen MR) is 104 cm³/mol. The predicted octanol–water partition coefficient (Wildman–Crippen LogP) is 2.84. The van der Waals surface area contributed by atoms with Gasteiger partial charge in [-0.25, -0.2) is 5.01 Å². The van der Waals surface area contributed by atoms with Crippen molar-refractivity contribution in [3.63, 3.8) is 0 Å². The topological polar surface area (TPSA) is 111 Å². The number of carbonyl (C=O) groups is 2. The van der Waals surface area contributed by atoms with Gasteiger partial charge in [0, 0.05) is 4.47 Å². The van der Waals surface area contributed by atoms with Crippen LogP contribution in [0.25, 0.3) is 6.08 Å². The average molecular weight is 448 g/mol. The number of carbonyl (C=O) groups excluding carboxylic acids is 2. The Morgan fingerprint density at radius 2 is 1.71 bits per heavy atom. The summed E-state index contributed by atoms with van der Waals surface area (Å²) in [5.41, 5.74) is 2.37.